The lowest BCUT2D eigenvalue weighted by Crippen LogP contribution is -2.44. The van der Waals surface area contributed by atoms with Crippen LogP contribution in [0, 0.1) is 11.7 Å². The first-order chi connectivity index (χ1) is 42.2. The minimum absolute atomic E-state index is 0.000610. The number of thiophene rings is 1. The molecule has 0 spiro atoms. The fraction of sp³-hybridized carbons (Fsp3) is 0.269. The minimum Gasteiger partial charge on any atom is -0.384 e. The third kappa shape index (κ3) is 11.2. The van der Waals surface area contributed by atoms with Gasteiger partial charge in [-0.05, 0) is 115 Å². The van der Waals surface area contributed by atoms with E-state index in [1.165, 1.54) is 23.5 Å². The quantitative estimate of drug-likeness (QED) is 0.0671. The molecule has 16 nitrogen and oxygen atoms in total. The third-order valence-electron chi connectivity index (χ3n) is 17.1. The first-order valence-corrected chi connectivity index (χ1v) is 30.3. The maximum absolute atomic E-state index is 15.8. The molecule has 0 radical (unpaired) electrons. The van der Waals surface area contributed by atoms with Crippen LogP contribution < -0.4 is 15.6 Å². The van der Waals surface area contributed by atoms with Gasteiger partial charge in [-0.1, -0.05) is 43.5 Å². The van der Waals surface area contributed by atoms with Crippen molar-refractivity contribution in [3.63, 3.8) is 0 Å². The maximum atomic E-state index is 15.8. The van der Waals surface area contributed by atoms with Gasteiger partial charge in [-0.25, -0.2) is 28.1 Å². The number of carbonyl (C=O) groups is 2. The molecule has 0 bridgehead atoms. The van der Waals surface area contributed by atoms with Crippen LogP contribution in [0.2, 0.25) is 0 Å². The predicted molar refractivity (Wildman–Crippen MR) is 335 cm³/mol. The molecule has 7 aromatic heterocycles. The Balaban J connectivity index is 0.709. The van der Waals surface area contributed by atoms with E-state index in [1.807, 2.05) is 56.6 Å². The van der Waals surface area contributed by atoms with Crippen LogP contribution in [0.15, 0.2) is 140 Å². The number of hydrogen-bond acceptors (Lipinski definition) is 14. The number of pyridine rings is 4. The average molecular weight is 1180 g/mol. The molecule has 2 fully saturated rings. The number of aliphatic imine (C=N–C) groups is 1. The maximum Gasteiger partial charge on any atom is 0.261 e. The number of benzene rings is 3. The number of rotatable bonds is 16. The Kier molecular flexibility index (Phi) is 14.6. The Hall–Kier alpha value is -9.24. The molecular formula is C67H61F3N14O2S. The number of ketones is 1. The van der Waals surface area contributed by atoms with Crippen molar-refractivity contribution in [3.05, 3.63) is 179 Å². The summed E-state index contributed by atoms with van der Waals surface area (Å²) in [6.45, 7) is 5.61. The molecule has 438 valence electrons. The Bertz CT molecular complexity index is 4410. The number of amides is 1. The number of halogens is 3. The van der Waals surface area contributed by atoms with E-state index >= 15 is 4.39 Å². The SMILES string of the molecule is CC(=O)c1ccc(-c2cncc3[nH]c(C4=CCN(N(C)CCNc5cc(F)cc(-c6cncc7[nH]c(C8=N[C@@H](C)c9ccc(-c%10cncc(CN%11CCC(F)(F)C%11)c%10)cc98)nc67)c5)c5ccc(-c6cncc(NC(=O)C7CCCCC7)c6)cc54)nc23)s1. The second kappa shape index (κ2) is 22.9. The van der Waals surface area contributed by atoms with Gasteiger partial charge < -0.3 is 25.6 Å². The summed E-state index contributed by atoms with van der Waals surface area (Å²) in [5.74, 6) is -1.82. The molecule has 4 aliphatic rings. The highest BCUT2D eigenvalue weighted by atomic mass is 32.1. The van der Waals surface area contributed by atoms with Crippen molar-refractivity contribution in [2.24, 2.45) is 10.9 Å². The zero-order chi connectivity index (χ0) is 59.5. The summed E-state index contributed by atoms with van der Waals surface area (Å²) in [7, 11) is 2.03. The molecule has 0 unspecified atom stereocenters. The fourth-order valence-corrected chi connectivity index (χ4v) is 13.5. The van der Waals surface area contributed by atoms with Gasteiger partial charge in [0.15, 0.2) is 11.6 Å². The Morgan fingerprint density at radius 3 is 2.23 bits per heavy atom. The number of aromatic amines is 2. The van der Waals surface area contributed by atoms with Gasteiger partial charge >= 0.3 is 0 Å². The molecule has 1 atom stereocenters. The zero-order valence-corrected chi connectivity index (χ0v) is 49.0. The van der Waals surface area contributed by atoms with Gasteiger partial charge in [-0.15, -0.1) is 11.3 Å². The van der Waals surface area contributed by atoms with E-state index in [-0.39, 0.29) is 36.6 Å². The second-order valence-corrected chi connectivity index (χ2v) is 24.3. The van der Waals surface area contributed by atoms with Gasteiger partial charge in [0.05, 0.1) is 70.5 Å². The Morgan fingerprint density at radius 2 is 1.45 bits per heavy atom. The monoisotopic (exact) mass is 1180 g/mol. The van der Waals surface area contributed by atoms with Crippen molar-refractivity contribution in [1.82, 2.24) is 49.8 Å². The predicted octanol–water partition coefficient (Wildman–Crippen LogP) is 13.6. The normalized spacial score (nSPS) is 16.8. The highest BCUT2D eigenvalue weighted by Gasteiger charge is 2.38. The number of anilines is 3. The lowest BCUT2D eigenvalue weighted by Gasteiger charge is -2.37. The van der Waals surface area contributed by atoms with Crippen LogP contribution in [-0.2, 0) is 11.3 Å². The summed E-state index contributed by atoms with van der Waals surface area (Å²) >= 11 is 1.42. The molecule has 1 saturated carbocycles. The van der Waals surface area contributed by atoms with Crippen LogP contribution >= 0.6 is 11.3 Å². The molecule has 87 heavy (non-hydrogen) atoms. The number of Topliss-reactive ketones (excluding diaryl/α,β-unsaturated/α-hetero) is 1. The summed E-state index contributed by atoms with van der Waals surface area (Å²) in [5, 5.41) is 11.0. The number of fused-ring (bicyclic) bond motifs is 4. The average Bonchev–Trinajstić information content (AvgIpc) is 3.81. The van der Waals surface area contributed by atoms with Crippen LogP contribution in [0.1, 0.15) is 102 Å². The van der Waals surface area contributed by atoms with Crippen LogP contribution in [-0.4, -0.2) is 113 Å². The standard InChI is InChI=1S/C67H61F3N14O2S/c1-38-50-11-9-42(45-21-40(28-71-29-45)36-83-19-16-67(69,70)37-83)26-53(50)63(76-38)65-79-56-34-73-32-54(61(56)81-65)44-22-47(68)27-48(23-44)75-17-20-82(3)84-18-15-51(64-78-57-35-74-33-55(62(57)80-64)60-14-13-59(87-60)39(2)85)52-25-43(10-12-58(52)84)46-24-49(31-72-30-46)77-66(86)41-7-5-4-6-8-41/h9-15,21-35,38,41,75H,4-8,16-20,36-37H2,1-3H3,(H,77,86)(H,78,80)(H,79,81)/t38-/m0/s1. The lowest BCUT2D eigenvalue weighted by atomic mass is 9.88. The second-order valence-electron chi connectivity index (χ2n) is 23.2. The largest absolute Gasteiger partial charge is 0.384 e. The molecule has 10 heterocycles. The van der Waals surface area contributed by atoms with Crippen molar-refractivity contribution < 1.29 is 22.8 Å². The molecule has 1 saturated heterocycles. The van der Waals surface area contributed by atoms with Crippen LogP contribution in [0.4, 0.5) is 30.2 Å². The number of H-pyrrole nitrogens is 2. The first kappa shape index (κ1) is 55.6. The van der Waals surface area contributed by atoms with Gasteiger partial charge in [-0.3, -0.25) is 39.4 Å². The van der Waals surface area contributed by atoms with E-state index in [9.17, 15) is 18.4 Å². The number of aromatic nitrogens is 8. The molecular weight excluding hydrogens is 1120 g/mol. The van der Waals surface area contributed by atoms with Crippen LogP contribution in [0.5, 0.6) is 0 Å². The summed E-state index contributed by atoms with van der Waals surface area (Å²) < 4.78 is 43.8. The van der Waals surface area contributed by atoms with Crippen molar-refractivity contribution in [2.45, 2.75) is 70.9 Å². The van der Waals surface area contributed by atoms with Crippen molar-refractivity contribution in [3.8, 4) is 43.8 Å². The fourth-order valence-electron chi connectivity index (χ4n) is 12.6. The summed E-state index contributed by atoms with van der Waals surface area (Å²) in [4.78, 5) is 69.5. The number of imidazole rings is 2. The van der Waals surface area contributed by atoms with Gasteiger partial charge in [0, 0.05) is 126 Å². The molecule has 10 aromatic rings. The number of nitrogens with one attached hydrogen (secondary N) is 4. The Labute approximate surface area is 503 Å². The highest BCUT2D eigenvalue weighted by Crippen LogP contribution is 2.42. The van der Waals surface area contributed by atoms with E-state index in [4.69, 9.17) is 15.0 Å². The van der Waals surface area contributed by atoms with Crippen molar-refractivity contribution >= 4 is 73.4 Å². The minimum atomic E-state index is -2.67. The van der Waals surface area contributed by atoms with E-state index < -0.39 is 11.7 Å². The molecule has 14 rings (SSSR count). The number of nitrogens with zero attached hydrogens (tertiary/aromatic N) is 10. The van der Waals surface area contributed by atoms with Gasteiger partial charge in [0.1, 0.15) is 22.9 Å². The molecule has 1 amide bonds. The topological polar surface area (TPSA) is 189 Å². The number of likely N-dealkylation sites (tertiary alicyclic amines) is 1. The molecule has 3 aliphatic heterocycles. The smallest absolute Gasteiger partial charge is 0.261 e. The first-order valence-electron chi connectivity index (χ1n) is 29.4. The number of likely N-dealkylation sites (N-methyl/N-ethyl adjacent to an activating group) is 1. The summed E-state index contributed by atoms with van der Waals surface area (Å²) in [5.41, 5.74) is 16.0. The van der Waals surface area contributed by atoms with Crippen molar-refractivity contribution in [1.29, 1.82) is 0 Å². The number of alkyl halides is 2. The van der Waals surface area contributed by atoms with Crippen molar-refractivity contribution in [2.75, 3.05) is 55.4 Å². The lowest BCUT2D eigenvalue weighted by molar-refractivity contribution is -0.120. The van der Waals surface area contributed by atoms with E-state index in [2.05, 4.69) is 87.0 Å². The molecule has 1 aliphatic carbocycles. The summed E-state index contributed by atoms with van der Waals surface area (Å²) in [6, 6.07) is 25.0. The molecule has 20 heteroatoms. The van der Waals surface area contributed by atoms with E-state index in [0.29, 0.717) is 88.5 Å². The number of carbonyl (C=O) groups excluding carboxylic acids is 2. The molecule has 3 aromatic carbocycles. The van der Waals surface area contributed by atoms with Gasteiger partial charge in [-0.2, -0.15) is 0 Å². The van der Waals surface area contributed by atoms with Gasteiger partial charge in [0.2, 0.25) is 5.91 Å². The zero-order valence-electron chi connectivity index (χ0n) is 48.2. The van der Waals surface area contributed by atoms with Crippen LogP contribution in [0.3, 0.4) is 0 Å². The van der Waals surface area contributed by atoms with Gasteiger partial charge in [0.25, 0.3) is 5.92 Å². The number of hydrogen-bond donors (Lipinski definition) is 4. The summed E-state index contributed by atoms with van der Waals surface area (Å²) in [6.07, 6.45) is 21.1. The van der Waals surface area contributed by atoms with E-state index in [0.717, 1.165) is 109 Å². The highest BCUT2D eigenvalue weighted by molar-refractivity contribution is 7.17. The molecule has 4 N–H and O–H groups in total. The van der Waals surface area contributed by atoms with Crippen LogP contribution in [0.25, 0.3) is 71.5 Å². The number of hydrazine groups is 1. The third-order valence-corrected chi connectivity index (χ3v) is 18.3. The Morgan fingerprint density at radius 1 is 0.736 bits per heavy atom. The van der Waals surface area contributed by atoms with E-state index in [1.54, 1.807) is 55.2 Å².